The van der Waals surface area contributed by atoms with Crippen LogP contribution in [-0.4, -0.2) is 59.4 Å². The lowest BCUT2D eigenvalue weighted by Gasteiger charge is -2.19. The molecule has 34 heavy (non-hydrogen) atoms. The molecule has 0 aliphatic carbocycles. The molecule has 0 saturated carbocycles. The monoisotopic (exact) mass is 548 g/mol. The van der Waals surface area contributed by atoms with E-state index in [4.69, 9.17) is 19.3 Å². The molecule has 2 aliphatic heterocycles. The van der Waals surface area contributed by atoms with Gasteiger partial charge in [0.05, 0.1) is 4.91 Å². The first kappa shape index (κ1) is 23.6. The van der Waals surface area contributed by atoms with Gasteiger partial charge in [-0.25, -0.2) is 4.79 Å². The summed E-state index contributed by atoms with van der Waals surface area (Å²) in [6, 6.07) is 9.72. The third-order valence-electron chi connectivity index (χ3n) is 4.61. The van der Waals surface area contributed by atoms with Gasteiger partial charge in [-0.3, -0.25) is 19.3 Å². The van der Waals surface area contributed by atoms with Crippen LogP contribution in [0.4, 0.5) is 10.5 Å². The summed E-state index contributed by atoms with van der Waals surface area (Å²) < 4.78 is 16.8. The first-order chi connectivity index (χ1) is 16.3. The number of ether oxygens (including phenoxy) is 3. The lowest BCUT2D eigenvalue weighted by Crippen LogP contribution is -2.36. The minimum Gasteiger partial charge on any atom is -0.486 e. The lowest BCUT2D eigenvalue weighted by atomic mass is 10.2. The molecule has 2 aromatic carbocycles. The number of carbonyl (C=O) groups excluding carboxylic acids is 3. The zero-order valence-corrected chi connectivity index (χ0v) is 19.8. The van der Waals surface area contributed by atoms with Crippen LogP contribution in [0.15, 0.2) is 45.8 Å². The number of aliphatic carboxylic acids is 1. The number of thioether (sulfide) groups is 1. The molecule has 1 saturated heterocycles. The fourth-order valence-electron chi connectivity index (χ4n) is 3.15. The van der Waals surface area contributed by atoms with E-state index in [9.17, 15) is 19.2 Å². The van der Waals surface area contributed by atoms with Gasteiger partial charge in [0.2, 0.25) is 5.91 Å². The zero-order valence-electron chi connectivity index (χ0n) is 17.4. The molecule has 4 rings (SSSR count). The average molecular weight is 549 g/mol. The van der Waals surface area contributed by atoms with Crippen molar-refractivity contribution in [3.8, 4) is 17.2 Å². The Bertz CT molecular complexity index is 1220. The number of nitrogens with one attached hydrogen (secondary N) is 1. The Labute approximate surface area is 206 Å². The van der Waals surface area contributed by atoms with Crippen LogP contribution in [0.3, 0.4) is 0 Å². The van der Waals surface area contributed by atoms with Gasteiger partial charge >= 0.3 is 5.97 Å². The highest BCUT2D eigenvalue weighted by Crippen LogP contribution is 2.35. The van der Waals surface area contributed by atoms with E-state index in [2.05, 4.69) is 21.2 Å². The fraction of sp³-hybridized carbons (Fsp3) is 0.182. The smallest absolute Gasteiger partial charge is 0.341 e. The Balaban J connectivity index is 1.46. The van der Waals surface area contributed by atoms with Crippen molar-refractivity contribution in [2.75, 3.05) is 31.7 Å². The molecule has 2 aromatic rings. The Kier molecular flexibility index (Phi) is 7.08. The molecule has 0 atom stereocenters. The van der Waals surface area contributed by atoms with E-state index in [1.54, 1.807) is 36.4 Å². The second-order valence-electron chi connectivity index (χ2n) is 7.04. The summed E-state index contributed by atoms with van der Waals surface area (Å²) in [6.07, 6.45) is 1.42. The maximum atomic E-state index is 12.8. The standard InChI is InChI=1S/C22H17BrN2O8S/c23-13-1-3-15(33-11-20(27)28)12(7-13)8-18-21(29)25(22(30)34-18)10-19(26)24-14-2-4-16-17(9-14)32-6-5-31-16/h1-4,7-9H,5-6,10-11H2,(H,24,26)(H,27,28)/b18-8+. The first-order valence-corrected chi connectivity index (χ1v) is 11.5. The Morgan fingerprint density at radius 3 is 2.68 bits per heavy atom. The number of halogens is 1. The molecule has 176 valence electrons. The molecule has 3 amide bonds. The predicted molar refractivity (Wildman–Crippen MR) is 126 cm³/mol. The van der Waals surface area contributed by atoms with Crippen LogP contribution in [0.2, 0.25) is 0 Å². The van der Waals surface area contributed by atoms with Crippen molar-refractivity contribution in [2.24, 2.45) is 0 Å². The van der Waals surface area contributed by atoms with Gasteiger partial charge in [-0.15, -0.1) is 0 Å². The number of carboxylic acid groups (broad SMARTS) is 1. The fourth-order valence-corrected chi connectivity index (χ4v) is 4.35. The molecule has 2 heterocycles. The van der Waals surface area contributed by atoms with Gasteiger partial charge in [0, 0.05) is 21.8 Å². The first-order valence-electron chi connectivity index (χ1n) is 9.89. The van der Waals surface area contributed by atoms with Crippen molar-refractivity contribution in [1.82, 2.24) is 4.90 Å². The number of hydrogen-bond acceptors (Lipinski definition) is 8. The summed E-state index contributed by atoms with van der Waals surface area (Å²) in [5.74, 6) is -1.07. The van der Waals surface area contributed by atoms with E-state index in [0.717, 1.165) is 4.90 Å². The number of imide groups is 1. The Morgan fingerprint density at radius 1 is 1.15 bits per heavy atom. The van der Waals surface area contributed by atoms with Gasteiger partial charge in [-0.1, -0.05) is 15.9 Å². The van der Waals surface area contributed by atoms with E-state index in [1.165, 1.54) is 6.08 Å². The molecule has 0 aromatic heterocycles. The summed E-state index contributed by atoms with van der Waals surface area (Å²) in [6.45, 7) is -0.200. The van der Waals surface area contributed by atoms with Crippen LogP contribution in [0.25, 0.3) is 6.08 Å². The third-order valence-corrected chi connectivity index (χ3v) is 6.01. The number of fused-ring (bicyclic) bond motifs is 1. The summed E-state index contributed by atoms with van der Waals surface area (Å²) in [5, 5.41) is 10.9. The van der Waals surface area contributed by atoms with E-state index in [-0.39, 0.29) is 10.7 Å². The molecule has 2 aliphatic rings. The molecule has 0 spiro atoms. The highest BCUT2D eigenvalue weighted by atomic mass is 79.9. The van der Waals surface area contributed by atoms with Gasteiger partial charge in [-0.2, -0.15) is 0 Å². The molecule has 1 fully saturated rings. The van der Waals surface area contributed by atoms with Crippen LogP contribution in [0, 0.1) is 0 Å². The van der Waals surface area contributed by atoms with Gasteiger partial charge < -0.3 is 24.6 Å². The third kappa shape index (κ3) is 5.51. The van der Waals surface area contributed by atoms with E-state index < -0.39 is 36.2 Å². The molecular formula is C22H17BrN2O8S. The molecule has 12 heteroatoms. The highest BCUT2D eigenvalue weighted by Gasteiger charge is 2.36. The second kappa shape index (κ2) is 10.2. The summed E-state index contributed by atoms with van der Waals surface area (Å²) in [7, 11) is 0. The van der Waals surface area contributed by atoms with Crippen LogP contribution < -0.4 is 19.5 Å². The largest absolute Gasteiger partial charge is 0.486 e. The molecular weight excluding hydrogens is 532 g/mol. The zero-order chi connectivity index (χ0) is 24.2. The number of anilines is 1. The average Bonchev–Trinajstić information content (AvgIpc) is 3.05. The van der Waals surface area contributed by atoms with Gasteiger partial charge in [0.25, 0.3) is 11.1 Å². The van der Waals surface area contributed by atoms with Gasteiger partial charge in [0.1, 0.15) is 25.5 Å². The molecule has 0 bridgehead atoms. The minimum absolute atomic E-state index is 0.0791. The van der Waals surface area contributed by atoms with Crippen LogP contribution in [0.5, 0.6) is 17.2 Å². The Morgan fingerprint density at radius 2 is 1.91 bits per heavy atom. The van der Waals surface area contributed by atoms with Crippen molar-refractivity contribution in [3.05, 3.63) is 51.3 Å². The van der Waals surface area contributed by atoms with Crippen LogP contribution in [-0.2, 0) is 14.4 Å². The summed E-state index contributed by atoms with van der Waals surface area (Å²) in [5.41, 5.74) is 0.841. The van der Waals surface area contributed by atoms with E-state index in [0.29, 0.717) is 52.2 Å². The van der Waals surface area contributed by atoms with Crippen LogP contribution in [0.1, 0.15) is 5.56 Å². The molecule has 0 unspecified atom stereocenters. The quantitative estimate of drug-likeness (QED) is 0.499. The molecule has 0 radical (unpaired) electrons. The number of amides is 3. The number of rotatable bonds is 7. The second-order valence-corrected chi connectivity index (χ2v) is 8.95. The number of carboxylic acids is 1. The summed E-state index contributed by atoms with van der Waals surface area (Å²) in [4.78, 5) is 49.5. The maximum Gasteiger partial charge on any atom is 0.341 e. The Hall–Kier alpha value is -3.51. The van der Waals surface area contributed by atoms with Gasteiger partial charge in [-0.05, 0) is 48.2 Å². The van der Waals surface area contributed by atoms with Crippen molar-refractivity contribution in [2.45, 2.75) is 0 Å². The number of hydrogen-bond donors (Lipinski definition) is 2. The summed E-state index contributed by atoms with van der Waals surface area (Å²) >= 11 is 3.99. The molecule has 2 N–H and O–H groups in total. The van der Waals surface area contributed by atoms with E-state index >= 15 is 0 Å². The van der Waals surface area contributed by atoms with E-state index in [1.807, 2.05) is 0 Å². The number of nitrogens with zero attached hydrogens (tertiary/aromatic N) is 1. The minimum atomic E-state index is -1.15. The topological polar surface area (TPSA) is 131 Å². The highest BCUT2D eigenvalue weighted by molar-refractivity contribution is 9.10. The predicted octanol–water partition coefficient (Wildman–Crippen LogP) is 3.36. The lowest BCUT2D eigenvalue weighted by molar-refractivity contribution is -0.139. The van der Waals surface area contributed by atoms with Crippen molar-refractivity contribution in [1.29, 1.82) is 0 Å². The van der Waals surface area contributed by atoms with Crippen molar-refractivity contribution in [3.63, 3.8) is 0 Å². The SMILES string of the molecule is O=C(O)COc1ccc(Br)cc1/C=C1/SC(=O)N(CC(=O)Nc2ccc3c(c2)OCCO3)C1=O. The van der Waals surface area contributed by atoms with Gasteiger partial charge in [0.15, 0.2) is 18.1 Å². The van der Waals surface area contributed by atoms with Crippen molar-refractivity contribution < 1.29 is 38.5 Å². The maximum absolute atomic E-state index is 12.8. The normalized spacial score (nSPS) is 16.0. The molecule has 10 nitrogen and oxygen atoms in total. The number of benzene rings is 2. The van der Waals surface area contributed by atoms with Crippen LogP contribution >= 0.6 is 27.7 Å². The number of carbonyl (C=O) groups is 4. The van der Waals surface area contributed by atoms with Crippen molar-refractivity contribution >= 4 is 62.5 Å².